The Labute approximate surface area is 238 Å². The van der Waals surface area contributed by atoms with Crippen LogP contribution >= 0.6 is 0 Å². The Kier molecular flexibility index (Phi) is 10.7. The molecule has 2 amide bonds. The molecular weight excluding hydrogens is 526 g/mol. The topological polar surface area (TPSA) is 96.0 Å². The molecule has 40 heavy (non-hydrogen) atoms. The maximum atomic E-state index is 14.1. The molecule has 0 aromatic heterocycles. The van der Waals surface area contributed by atoms with E-state index in [0.717, 1.165) is 21.0 Å². The summed E-state index contributed by atoms with van der Waals surface area (Å²) in [5, 5.41) is 2.82. The Morgan fingerprint density at radius 2 is 1.55 bits per heavy atom. The van der Waals surface area contributed by atoms with Crippen molar-refractivity contribution in [2.45, 2.75) is 58.5 Å². The van der Waals surface area contributed by atoms with Gasteiger partial charge in [-0.25, -0.2) is 8.42 Å². The molecule has 0 aliphatic rings. The number of nitrogens with one attached hydrogen (secondary N) is 1. The summed E-state index contributed by atoms with van der Waals surface area (Å²) in [6.45, 7) is 9.94. The highest BCUT2D eigenvalue weighted by atomic mass is 32.2. The number of nitrogens with zero attached hydrogens (tertiary/aromatic N) is 2. The highest BCUT2D eigenvalue weighted by Crippen LogP contribution is 2.27. The first-order valence-electron chi connectivity index (χ1n) is 13.6. The molecule has 0 fully saturated rings. The number of aryl methyl sites for hydroxylation is 2. The largest absolute Gasteiger partial charge is 0.494 e. The second-order valence-electron chi connectivity index (χ2n) is 9.52. The second-order valence-corrected chi connectivity index (χ2v) is 11.4. The monoisotopic (exact) mass is 565 g/mol. The zero-order valence-electron chi connectivity index (χ0n) is 23.9. The molecule has 0 saturated carbocycles. The first kappa shape index (κ1) is 30.7. The van der Waals surface area contributed by atoms with Gasteiger partial charge in [-0.15, -0.1) is 0 Å². The molecule has 0 heterocycles. The Morgan fingerprint density at radius 1 is 0.900 bits per heavy atom. The highest BCUT2D eigenvalue weighted by Gasteiger charge is 2.33. The number of hydrogen-bond acceptors (Lipinski definition) is 5. The molecule has 1 atom stereocenters. The van der Waals surface area contributed by atoms with E-state index in [1.54, 1.807) is 36.4 Å². The lowest BCUT2D eigenvalue weighted by Gasteiger charge is -2.33. The minimum absolute atomic E-state index is 0.0329. The van der Waals surface area contributed by atoms with Gasteiger partial charge in [0.05, 0.1) is 17.2 Å². The molecule has 0 aliphatic heterocycles. The van der Waals surface area contributed by atoms with Crippen LogP contribution in [0.5, 0.6) is 5.75 Å². The van der Waals surface area contributed by atoms with Gasteiger partial charge in [-0.2, -0.15) is 0 Å². The van der Waals surface area contributed by atoms with Crippen LogP contribution in [-0.2, 0) is 26.2 Å². The molecule has 3 rings (SSSR count). The lowest BCUT2D eigenvalue weighted by atomic mass is 10.1. The van der Waals surface area contributed by atoms with Crippen molar-refractivity contribution >= 4 is 27.5 Å². The van der Waals surface area contributed by atoms with Gasteiger partial charge < -0.3 is 15.0 Å². The van der Waals surface area contributed by atoms with Crippen LogP contribution in [0.2, 0.25) is 0 Å². The van der Waals surface area contributed by atoms with Crippen molar-refractivity contribution in [2.24, 2.45) is 0 Å². The minimum atomic E-state index is -4.14. The average molecular weight is 566 g/mol. The third-order valence-electron chi connectivity index (χ3n) is 6.66. The zero-order valence-corrected chi connectivity index (χ0v) is 24.7. The molecule has 0 aliphatic carbocycles. The Balaban J connectivity index is 2.05. The number of likely N-dealkylation sites (N-methyl/N-ethyl adjacent to an activating group) is 1. The number of ether oxygens (including phenoxy) is 1. The van der Waals surface area contributed by atoms with Crippen molar-refractivity contribution in [2.75, 3.05) is 24.0 Å². The number of sulfonamides is 1. The van der Waals surface area contributed by atoms with E-state index >= 15 is 0 Å². The summed E-state index contributed by atoms with van der Waals surface area (Å²) in [4.78, 5) is 28.6. The summed E-state index contributed by atoms with van der Waals surface area (Å²) in [5.74, 6) is -0.198. The van der Waals surface area contributed by atoms with Crippen LogP contribution < -0.4 is 14.4 Å². The van der Waals surface area contributed by atoms with Crippen LogP contribution in [0.25, 0.3) is 0 Å². The van der Waals surface area contributed by atoms with Crippen LogP contribution in [0.1, 0.15) is 43.9 Å². The molecule has 0 saturated heterocycles. The van der Waals surface area contributed by atoms with Gasteiger partial charge >= 0.3 is 0 Å². The third-order valence-corrected chi connectivity index (χ3v) is 8.45. The maximum Gasteiger partial charge on any atom is 0.264 e. The first-order chi connectivity index (χ1) is 19.1. The van der Waals surface area contributed by atoms with E-state index in [0.29, 0.717) is 31.0 Å². The molecule has 3 aromatic rings. The fourth-order valence-electron chi connectivity index (χ4n) is 4.42. The van der Waals surface area contributed by atoms with Crippen molar-refractivity contribution in [1.29, 1.82) is 0 Å². The predicted octanol–water partition coefficient (Wildman–Crippen LogP) is 4.84. The molecule has 8 nitrogen and oxygen atoms in total. The minimum Gasteiger partial charge on any atom is -0.494 e. The molecule has 3 aromatic carbocycles. The van der Waals surface area contributed by atoms with E-state index in [1.165, 1.54) is 17.0 Å². The number of rotatable bonds is 13. The summed E-state index contributed by atoms with van der Waals surface area (Å²) in [7, 11) is -4.14. The molecule has 0 radical (unpaired) electrons. The van der Waals surface area contributed by atoms with Gasteiger partial charge in [-0.1, -0.05) is 48.9 Å². The molecule has 0 bridgehead atoms. The SMILES string of the molecule is CCNC(=O)[C@@H](CC)N(Cc1ccccc1C)C(=O)CN(c1ccc(C)cc1)S(=O)(=O)c1ccc(OCC)cc1. The summed E-state index contributed by atoms with van der Waals surface area (Å²) in [5.41, 5.74) is 3.17. The zero-order chi connectivity index (χ0) is 29.3. The maximum absolute atomic E-state index is 14.1. The van der Waals surface area contributed by atoms with Crippen LogP contribution in [0.15, 0.2) is 77.7 Å². The predicted molar refractivity (Wildman–Crippen MR) is 158 cm³/mol. The normalized spacial score (nSPS) is 11.9. The quantitative estimate of drug-likeness (QED) is 0.320. The van der Waals surface area contributed by atoms with Gasteiger partial charge in [0, 0.05) is 13.1 Å². The molecule has 0 unspecified atom stereocenters. The van der Waals surface area contributed by atoms with Crippen molar-refractivity contribution in [3.8, 4) is 5.75 Å². The van der Waals surface area contributed by atoms with E-state index in [-0.39, 0.29) is 17.3 Å². The van der Waals surface area contributed by atoms with Crippen molar-refractivity contribution in [3.05, 3.63) is 89.5 Å². The number of hydrogen-bond donors (Lipinski definition) is 1. The van der Waals surface area contributed by atoms with Crippen LogP contribution in [-0.4, -0.2) is 50.9 Å². The first-order valence-corrected chi connectivity index (χ1v) is 15.0. The van der Waals surface area contributed by atoms with Crippen LogP contribution in [0, 0.1) is 13.8 Å². The van der Waals surface area contributed by atoms with Crippen LogP contribution in [0.4, 0.5) is 5.69 Å². The Hall–Kier alpha value is -3.85. The fourth-order valence-corrected chi connectivity index (χ4v) is 5.84. The lowest BCUT2D eigenvalue weighted by molar-refractivity contribution is -0.140. The number of anilines is 1. The summed E-state index contributed by atoms with van der Waals surface area (Å²) >= 11 is 0. The van der Waals surface area contributed by atoms with Gasteiger partial charge in [0.1, 0.15) is 18.3 Å². The van der Waals surface area contributed by atoms with E-state index in [2.05, 4.69) is 5.32 Å². The van der Waals surface area contributed by atoms with Crippen molar-refractivity contribution in [1.82, 2.24) is 10.2 Å². The molecule has 1 N–H and O–H groups in total. The van der Waals surface area contributed by atoms with Crippen molar-refractivity contribution < 1.29 is 22.7 Å². The van der Waals surface area contributed by atoms with E-state index in [4.69, 9.17) is 4.74 Å². The summed E-state index contributed by atoms with van der Waals surface area (Å²) in [6, 6.07) is 20.0. The number of benzene rings is 3. The summed E-state index contributed by atoms with van der Waals surface area (Å²) < 4.78 is 34.5. The Bertz CT molecular complexity index is 1390. The van der Waals surface area contributed by atoms with Gasteiger partial charge in [0.25, 0.3) is 10.0 Å². The average Bonchev–Trinajstić information content (AvgIpc) is 2.93. The number of carbonyl (C=O) groups is 2. The second kappa shape index (κ2) is 14.0. The molecule has 214 valence electrons. The standard InChI is InChI=1S/C31H39N3O5S/c1-6-29(31(36)32-7-2)33(21-25-12-10-9-11-24(25)5)30(35)22-34(26-15-13-23(4)14-16-26)40(37,38)28-19-17-27(18-20-28)39-8-3/h9-20,29H,6-8,21-22H2,1-5H3,(H,32,36)/t29-/m1/s1. The third kappa shape index (κ3) is 7.41. The van der Waals surface area contributed by atoms with Crippen LogP contribution in [0.3, 0.4) is 0 Å². The molecular formula is C31H39N3O5S. The van der Waals surface area contributed by atoms with Gasteiger partial charge in [-0.05, 0) is 81.6 Å². The van der Waals surface area contributed by atoms with E-state index < -0.39 is 28.5 Å². The number of carbonyl (C=O) groups excluding carboxylic acids is 2. The van der Waals surface area contributed by atoms with Crippen molar-refractivity contribution in [3.63, 3.8) is 0 Å². The van der Waals surface area contributed by atoms with Gasteiger partial charge in [0.2, 0.25) is 11.8 Å². The van der Waals surface area contributed by atoms with Gasteiger partial charge in [0.15, 0.2) is 0 Å². The smallest absolute Gasteiger partial charge is 0.264 e. The number of amides is 2. The molecule has 0 spiro atoms. The Morgan fingerprint density at radius 3 is 2.12 bits per heavy atom. The van der Waals surface area contributed by atoms with E-state index in [1.807, 2.05) is 58.9 Å². The van der Waals surface area contributed by atoms with E-state index in [9.17, 15) is 18.0 Å². The fraction of sp³-hybridized carbons (Fsp3) is 0.355. The lowest BCUT2D eigenvalue weighted by Crippen LogP contribution is -2.52. The highest BCUT2D eigenvalue weighted by molar-refractivity contribution is 7.92. The molecule has 9 heteroatoms. The summed E-state index contributed by atoms with van der Waals surface area (Å²) in [6.07, 6.45) is 0.375. The van der Waals surface area contributed by atoms with Gasteiger partial charge in [-0.3, -0.25) is 13.9 Å².